The molecule has 0 saturated carbocycles. The van der Waals surface area contributed by atoms with Gasteiger partial charge in [0, 0.05) is 5.54 Å². The van der Waals surface area contributed by atoms with Crippen molar-refractivity contribution in [2.75, 3.05) is 0 Å². The summed E-state index contributed by atoms with van der Waals surface area (Å²) in [5.41, 5.74) is -0.405. The Balaban J connectivity index is 2.79. The van der Waals surface area contributed by atoms with Gasteiger partial charge in [-0.25, -0.2) is 9.78 Å². The van der Waals surface area contributed by atoms with Crippen LogP contribution in [-0.2, 0) is 10.3 Å². The third kappa shape index (κ3) is 4.64. The third-order valence-electron chi connectivity index (χ3n) is 2.16. The number of hydrogen-bond acceptors (Lipinski definition) is 3. The summed E-state index contributed by atoms with van der Waals surface area (Å²) in [6.07, 6.45) is -0.450. The molecule has 0 radical (unpaired) electrons. The molecule has 1 heterocycles. The van der Waals surface area contributed by atoms with Gasteiger partial charge in [0.05, 0.1) is 5.69 Å². The third-order valence-corrected chi connectivity index (χ3v) is 2.60. The molecule has 0 aliphatic heterocycles. The number of pyridine rings is 1. The molecule has 1 aromatic rings. The number of nitrogens with one attached hydrogen (secondary N) is 1. The second-order valence-electron chi connectivity index (χ2n) is 5.62. The lowest BCUT2D eigenvalue weighted by Crippen LogP contribution is -2.43. The topological polar surface area (TPSA) is 51.2 Å². The van der Waals surface area contributed by atoms with Crippen LogP contribution in [0.5, 0.6) is 0 Å². The monoisotopic (exact) mass is 314 g/mol. The molecule has 0 aliphatic carbocycles. The van der Waals surface area contributed by atoms with Crippen LogP contribution < -0.4 is 5.32 Å². The van der Waals surface area contributed by atoms with Gasteiger partial charge in [-0.3, -0.25) is 0 Å². The zero-order chi connectivity index (χ0) is 14.0. The Hall–Kier alpha value is -1.10. The van der Waals surface area contributed by atoms with E-state index in [1.807, 2.05) is 52.8 Å². The number of alkyl carbamates (subject to hydrolysis) is 1. The van der Waals surface area contributed by atoms with Crippen molar-refractivity contribution in [3.05, 3.63) is 28.5 Å². The Labute approximate surface area is 116 Å². The molecule has 0 saturated heterocycles. The molecule has 5 heteroatoms. The van der Waals surface area contributed by atoms with E-state index < -0.39 is 11.7 Å². The van der Waals surface area contributed by atoms with Crippen molar-refractivity contribution >= 4 is 22.0 Å². The van der Waals surface area contributed by atoms with Crippen molar-refractivity contribution in [3.8, 4) is 0 Å². The minimum Gasteiger partial charge on any atom is -0.437 e. The van der Waals surface area contributed by atoms with Crippen LogP contribution in [0.25, 0.3) is 0 Å². The minimum absolute atomic E-state index is 0.322. The lowest BCUT2D eigenvalue weighted by atomic mass is 10.0. The zero-order valence-electron chi connectivity index (χ0n) is 11.4. The number of carbonyl (C=O) groups excluding carboxylic acids is 1. The van der Waals surface area contributed by atoms with Gasteiger partial charge >= 0.3 is 6.09 Å². The first-order valence-electron chi connectivity index (χ1n) is 5.74. The number of nitrogens with zero attached hydrogens (tertiary/aromatic N) is 1. The van der Waals surface area contributed by atoms with E-state index >= 15 is 0 Å². The summed E-state index contributed by atoms with van der Waals surface area (Å²) in [4.78, 5) is 16.1. The average molecular weight is 315 g/mol. The normalized spacial score (nSPS) is 12.1. The van der Waals surface area contributed by atoms with Crippen LogP contribution in [0.1, 0.15) is 40.3 Å². The summed E-state index contributed by atoms with van der Waals surface area (Å²) in [6.45, 7) is 9.32. The van der Waals surface area contributed by atoms with E-state index in [0.29, 0.717) is 10.3 Å². The molecular formula is C13H19BrN2O2. The number of hydrogen-bond donors (Lipinski definition) is 1. The maximum atomic E-state index is 11.8. The van der Waals surface area contributed by atoms with E-state index in [1.165, 1.54) is 0 Å². The van der Waals surface area contributed by atoms with Crippen molar-refractivity contribution in [1.29, 1.82) is 0 Å². The Morgan fingerprint density at radius 2 is 1.89 bits per heavy atom. The molecule has 1 aromatic heterocycles. The summed E-state index contributed by atoms with van der Waals surface area (Å²) in [7, 11) is 0. The summed E-state index contributed by atoms with van der Waals surface area (Å²) in [6, 6.07) is 5.52. The van der Waals surface area contributed by atoms with Crippen molar-refractivity contribution in [2.24, 2.45) is 0 Å². The van der Waals surface area contributed by atoms with E-state index in [-0.39, 0.29) is 5.54 Å². The molecular weight excluding hydrogens is 296 g/mol. The van der Waals surface area contributed by atoms with Gasteiger partial charge in [0.2, 0.25) is 0 Å². The Morgan fingerprint density at radius 1 is 1.28 bits per heavy atom. The highest BCUT2D eigenvalue weighted by molar-refractivity contribution is 9.10. The molecule has 0 aliphatic rings. The van der Waals surface area contributed by atoms with Gasteiger partial charge in [0.25, 0.3) is 0 Å². The fourth-order valence-corrected chi connectivity index (χ4v) is 1.70. The second-order valence-corrected chi connectivity index (χ2v) is 6.43. The number of carbonyl (C=O) groups is 1. The average Bonchev–Trinajstić information content (AvgIpc) is 2.13. The van der Waals surface area contributed by atoms with Crippen LogP contribution in [0.3, 0.4) is 0 Å². The van der Waals surface area contributed by atoms with Gasteiger partial charge in [-0.2, -0.15) is 0 Å². The van der Waals surface area contributed by atoms with Crippen molar-refractivity contribution in [1.82, 2.24) is 10.3 Å². The Bertz CT molecular complexity index is 439. The number of amides is 1. The van der Waals surface area contributed by atoms with Gasteiger partial charge in [-0.15, -0.1) is 0 Å². The number of halogens is 1. The fourth-order valence-electron chi connectivity index (χ4n) is 1.36. The van der Waals surface area contributed by atoms with Gasteiger partial charge < -0.3 is 10.1 Å². The molecule has 1 amide bonds. The summed E-state index contributed by atoms with van der Waals surface area (Å²) < 4.78 is 6.14. The molecule has 18 heavy (non-hydrogen) atoms. The Morgan fingerprint density at radius 3 is 2.39 bits per heavy atom. The van der Waals surface area contributed by atoms with Crippen LogP contribution >= 0.6 is 15.9 Å². The predicted molar refractivity (Wildman–Crippen MR) is 74.3 cm³/mol. The molecule has 0 spiro atoms. The quantitative estimate of drug-likeness (QED) is 0.848. The Kier molecular flexibility index (Phi) is 4.37. The largest absolute Gasteiger partial charge is 0.437 e. The summed E-state index contributed by atoms with van der Waals surface area (Å²) >= 11 is 3.30. The smallest absolute Gasteiger partial charge is 0.408 e. The molecule has 0 bridgehead atoms. The zero-order valence-corrected chi connectivity index (χ0v) is 13.0. The molecule has 0 aromatic carbocycles. The maximum absolute atomic E-state index is 11.8. The highest BCUT2D eigenvalue weighted by Gasteiger charge is 2.28. The van der Waals surface area contributed by atoms with E-state index in [0.717, 1.165) is 0 Å². The lowest BCUT2D eigenvalue weighted by Gasteiger charge is -2.28. The van der Waals surface area contributed by atoms with Gasteiger partial charge in [-0.1, -0.05) is 6.07 Å². The van der Waals surface area contributed by atoms with Crippen LogP contribution in [-0.4, -0.2) is 16.6 Å². The number of rotatable bonds is 2. The van der Waals surface area contributed by atoms with E-state index in [2.05, 4.69) is 26.2 Å². The van der Waals surface area contributed by atoms with Crippen molar-refractivity contribution in [3.63, 3.8) is 0 Å². The molecule has 1 N–H and O–H groups in total. The number of ether oxygens (including phenoxy) is 1. The fraction of sp³-hybridized carbons (Fsp3) is 0.538. The highest BCUT2D eigenvalue weighted by atomic mass is 79.9. The first-order valence-corrected chi connectivity index (χ1v) is 6.54. The van der Waals surface area contributed by atoms with Crippen molar-refractivity contribution < 1.29 is 9.53 Å². The van der Waals surface area contributed by atoms with Crippen LogP contribution in [0.2, 0.25) is 0 Å². The molecule has 0 fully saturated rings. The second kappa shape index (κ2) is 5.26. The standard InChI is InChI=1S/C13H19BrN2O2/c1-12(2,3)16-11(17)18-13(4,5)9-7-6-8-10(14)15-9/h6-8H,1-5H3,(H,16,17). The maximum Gasteiger partial charge on any atom is 0.408 e. The number of aromatic nitrogens is 1. The van der Waals surface area contributed by atoms with Crippen molar-refractivity contribution in [2.45, 2.75) is 45.8 Å². The lowest BCUT2D eigenvalue weighted by molar-refractivity contribution is 0.0291. The highest BCUT2D eigenvalue weighted by Crippen LogP contribution is 2.24. The predicted octanol–water partition coefficient (Wildman–Crippen LogP) is 3.60. The first-order chi connectivity index (χ1) is 8.10. The van der Waals surface area contributed by atoms with E-state index in [9.17, 15) is 4.79 Å². The molecule has 0 unspecified atom stereocenters. The molecule has 1 rings (SSSR count). The SMILES string of the molecule is CC(C)(C)NC(=O)OC(C)(C)c1cccc(Br)n1. The van der Waals surface area contributed by atoms with E-state index in [1.54, 1.807) is 0 Å². The van der Waals surface area contributed by atoms with Gasteiger partial charge in [0.1, 0.15) is 4.60 Å². The van der Waals surface area contributed by atoms with Gasteiger partial charge in [-0.05, 0) is 62.7 Å². The van der Waals surface area contributed by atoms with Crippen LogP contribution in [0.4, 0.5) is 4.79 Å². The molecule has 4 nitrogen and oxygen atoms in total. The first kappa shape index (κ1) is 15.0. The summed E-state index contributed by atoms with van der Waals surface area (Å²) in [5, 5.41) is 2.76. The molecule has 100 valence electrons. The minimum atomic E-state index is -0.779. The van der Waals surface area contributed by atoms with Gasteiger partial charge in [0.15, 0.2) is 5.60 Å². The summed E-state index contributed by atoms with van der Waals surface area (Å²) in [5.74, 6) is 0. The van der Waals surface area contributed by atoms with Crippen LogP contribution in [0, 0.1) is 0 Å². The van der Waals surface area contributed by atoms with E-state index in [4.69, 9.17) is 4.74 Å². The van der Waals surface area contributed by atoms with Crippen LogP contribution in [0.15, 0.2) is 22.8 Å². The molecule has 0 atom stereocenters.